The second-order valence-electron chi connectivity index (χ2n) is 3.17. The summed E-state index contributed by atoms with van der Waals surface area (Å²) in [7, 11) is 0. The van der Waals surface area contributed by atoms with Crippen molar-refractivity contribution in [1.29, 1.82) is 0 Å². The van der Waals surface area contributed by atoms with Crippen LogP contribution in [0.2, 0.25) is 0 Å². The van der Waals surface area contributed by atoms with E-state index in [-0.39, 0.29) is 11.3 Å². The molecule has 14 heavy (non-hydrogen) atoms. The molecule has 0 aliphatic rings. The molecule has 0 spiro atoms. The van der Waals surface area contributed by atoms with E-state index in [2.05, 4.69) is 15.9 Å². The van der Waals surface area contributed by atoms with Gasteiger partial charge in [0.15, 0.2) is 0 Å². The molecule has 0 aliphatic carbocycles. The van der Waals surface area contributed by atoms with Crippen LogP contribution in [0.4, 0.5) is 0 Å². The lowest BCUT2D eigenvalue weighted by Gasteiger charge is -2.20. The van der Waals surface area contributed by atoms with Crippen LogP contribution in [0.1, 0.15) is 12.5 Å². The first-order valence-corrected chi connectivity index (χ1v) is 4.66. The van der Waals surface area contributed by atoms with Crippen molar-refractivity contribution in [1.82, 2.24) is 0 Å². The van der Waals surface area contributed by atoms with Gasteiger partial charge in [-0.15, -0.1) is 0 Å². The van der Waals surface area contributed by atoms with Gasteiger partial charge in [-0.1, -0.05) is 22.0 Å². The molecule has 4 nitrogen and oxygen atoms in total. The molecule has 4 N–H and O–H groups in total. The second kappa shape index (κ2) is 3.59. The summed E-state index contributed by atoms with van der Waals surface area (Å²) < 4.78 is 0.667. The minimum atomic E-state index is -1.58. The van der Waals surface area contributed by atoms with Crippen molar-refractivity contribution >= 4 is 21.9 Å². The van der Waals surface area contributed by atoms with E-state index in [4.69, 9.17) is 10.8 Å². The maximum Gasteiger partial charge on any atom is 0.328 e. The molecular formula is C9H10BrNO3. The number of carboxylic acids is 1. The van der Waals surface area contributed by atoms with E-state index < -0.39 is 11.5 Å². The maximum atomic E-state index is 10.8. The molecule has 0 aromatic heterocycles. The van der Waals surface area contributed by atoms with Crippen LogP contribution in [-0.4, -0.2) is 16.2 Å². The fraction of sp³-hybridized carbons (Fsp3) is 0.222. The molecule has 0 saturated heterocycles. The van der Waals surface area contributed by atoms with Gasteiger partial charge in [0, 0.05) is 10.0 Å². The van der Waals surface area contributed by atoms with Crippen LogP contribution in [0.3, 0.4) is 0 Å². The summed E-state index contributed by atoms with van der Waals surface area (Å²) in [6, 6.07) is 4.51. The summed E-state index contributed by atoms with van der Waals surface area (Å²) >= 11 is 3.15. The van der Waals surface area contributed by atoms with Gasteiger partial charge in [-0.25, -0.2) is 4.79 Å². The third-order valence-corrected chi connectivity index (χ3v) is 2.46. The molecule has 1 atom stereocenters. The van der Waals surface area contributed by atoms with Crippen molar-refractivity contribution in [2.45, 2.75) is 12.5 Å². The van der Waals surface area contributed by atoms with Crippen LogP contribution in [0, 0.1) is 0 Å². The lowest BCUT2D eigenvalue weighted by atomic mass is 9.93. The number of phenols is 1. The number of hydrogen-bond donors (Lipinski definition) is 3. The third kappa shape index (κ3) is 1.88. The Morgan fingerprint density at radius 2 is 2.14 bits per heavy atom. The topological polar surface area (TPSA) is 83.6 Å². The highest BCUT2D eigenvalue weighted by atomic mass is 79.9. The Kier molecular flexibility index (Phi) is 2.82. The molecule has 0 aliphatic heterocycles. The lowest BCUT2D eigenvalue weighted by Crippen LogP contribution is -2.41. The van der Waals surface area contributed by atoms with Gasteiger partial charge in [-0.05, 0) is 19.1 Å². The number of aromatic hydroxyl groups is 1. The zero-order chi connectivity index (χ0) is 10.9. The molecule has 5 heteroatoms. The van der Waals surface area contributed by atoms with Gasteiger partial charge in [0.2, 0.25) is 0 Å². The smallest absolute Gasteiger partial charge is 0.328 e. The Labute approximate surface area is 89.5 Å². The van der Waals surface area contributed by atoms with Gasteiger partial charge >= 0.3 is 5.97 Å². The number of phenolic OH excluding ortho intramolecular Hbond substituents is 1. The largest absolute Gasteiger partial charge is 0.508 e. The van der Waals surface area contributed by atoms with Crippen molar-refractivity contribution in [3.8, 4) is 5.75 Å². The third-order valence-electron chi connectivity index (χ3n) is 1.96. The summed E-state index contributed by atoms with van der Waals surface area (Å²) in [5.41, 5.74) is 4.17. The molecule has 1 aromatic carbocycles. The van der Waals surface area contributed by atoms with Crippen LogP contribution >= 0.6 is 15.9 Å². The number of benzene rings is 1. The maximum absolute atomic E-state index is 10.8. The summed E-state index contributed by atoms with van der Waals surface area (Å²) in [5.74, 6) is -1.32. The minimum Gasteiger partial charge on any atom is -0.508 e. The molecule has 0 fully saturated rings. The highest BCUT2D eigenvalue weighted by molar-refractivity contribution is 9.10. The molecule has 0 saturated carbocycles. The van der Waals surface area contributed by atoms with Gasteiger partial charge < -0.3 is 15.9 Å². The van der Waals surface area contributed by atoms with E-state index in [0.29, 0.717) is 4.47 Å². The van der Waals surface area contributed by atoms with E-state index in [1.165, 1.54) is 19.1 Å². The first-order chi connectivity index (χ1) is 6.35. The van der Waals surface area contributed by atoms with E-state index in [9.17, 15) is 9.90 Å². The molecule has 0 radical (unpaired) electrons. The Balaban J connectivity index is 3.26. The SMILES string of the molecule is C[C@@](N)(C(=O)O)c1ccc(Br)cc1O. The Morgan fingerprint density at radius 1 is 1.57 bits per heavy atom. The van der Waals surface area contributed by atoms with E-state index in [0.717, 1.165) is 0 Å². The van der Waals surface area contributed by atoms with Gasteiger partial charge in [0.25, 0.3) is 0 Å². The first kappa shape index (κ1) is 11.0. The summed E-state index contributed by atoms with van der Waals surface area (Å²) in [6.07, 6.45) is 0. The van der Waals surface area contributed by atoms with Crippen molar-refractivity contribution < 1.29 is 15.0 Å². The molecule has 1 aromatic rings. The number of aliphatic carboxylic acids is 1. The van der Waals surface area contributed by atoms with E-state index in [1.807, 2.05) is 0 Å². The molecule has 0 bridgehead atoms. The Morgan fingerprint density at radius 3 is 2.57 bits per heavy atom. The zero-order valence-electron chi connectivity index (χ0n) is 7.49. The lowest BCUT2D eigenvalue weighted by molar-refractivity contribution is -0.143. The highest BCUT2D eigenvalue weighted by Gasteiger charge is 2.32. The van der Waals surface area contributed by atoms with Crippen LogP contribution in [0.15, 0.2) is 22.7 Å². The summed E-state index contributed by atoms with van der Waals surface area (Å²) in [4.78, 5) is 10.8. The number of nitrogens with two attached hydrogens (primary N) is 1. The minimum absolute atomic E-state index is 0.133. The first-order valence-electron chi connectivity index (χ1n) is 3.87. The van der Waals surface area contributed by atoms with Crippen LogP contribution in [-0.2, 0) is 10.3 Å². The second-order valence-corrected chi connectivity index (χ2v) is 4.08. The number of hydrogen-bond acceptors (Lipinski definition) is 3. The van der Waals surface area contributed by atoms with Crippen LogP contribution in [0.5, 0.6) is 5.75 Å². The van der Waals surface area contributed by atoms with Crippen LogP contribution < -0.4 is 5.73 Å². The van der Waals surface area contributed by atoms with Crippen molar-refractivity contribution in [2.75, 3.05) is 0 Å². The number of carboxylic acid groups (broad SMARTS) is 1. The van der Waals surface area contributed by atoms with Crippen molar-refractivity contribution in [2.24, 2.45) is 5.73 Å². The summed E-state index contributed by atoms with van der Waals surface area (Å²) in [6.45, 7) is 1.33. The van der Waals surface area contributed by atoms with Gasteiger partial charge in [0.1, 0.15) is 11.3 Å². The van der Waals surface area contributed by atoms with Crippen molar-refractivity contribution in [3.63, 3.8) is 0 Å². The quantitative estimate of drug-likeness (QED) is 0.750. The predicted molar refractivity (Wildman–Crippen MR) is 55.0 cm³/mol. The Hall–Kier alpha value is -1.07. The van der Waals surface area contributed by atoms with Crippen LogP contribution in [0.25, 0.3) is 0 Å². The fourth-order valence-electron chi connectivity index (χ4n) is 1.06. The number of halogens is 1. The van der Waals surface area contributed by atoms with E-state index in [1.54, 1.807) is 6.07 Å². The summed E-state index contributed by atoms with van der Waals surface area (Å²) in [5, 5.41) is 18.3. The van der Waals surface area contributed by atoms with E-state index >= 15 is 0 Å². The molecule has 0 amide bonds. The normalized spacial score (nSPS) is 14.8. The van der Waals surface area contributed by atoms with Gasteiger partial charge in [0.05, 0.1) is 0 Å². The molecule has 1 rings (SSSR count). The van der Waals surface area contributed by atoms with Crippen molar-refractivity contribution in [3.05, 3.63) is 28.2 Å². The standard InChI is InChI=1S/C9H10BrNO3/c1-9(11,8(13)14)6-3-2-5(10)4-7(6)12/h2-4,12H,11H2,1H3,(H,13,14)/t9-/m0/s1. The molecular weight excluding hydrogens is 250 g/mol. The molecule has 76 valence electrons. The molecule has 0 unspecified atom stereocenters. The highest BCUT2D eigenvalue weighted by Crippen LogP contribution is 2.29. The average molecular weight is 260 g/mol. The predicted octanol–water partition coefficient (Wildman–Crippen LogP) is 1.41. The zero-order valence-corrected chi connectivity index (χ0v) is 9.08. The Bertz CT molecular complexity index is 376. The molecule has 0 heterocycles. The fourth-order valence-corrected chi connectivity index (χ4v) is 1.41. The number of carbonyl (C=O) groups is 1. The monoisotopic (exact) mass is 259 g/mol. The number of rotatable bonds is 2. The van der Waals surface area contributed by atoms with Gasteiger partial charge in [-0.3, -0.25) is 0 Å². The average Bonchev–Trinajstić information content (AvgIpc) is 2.02. The van der Waals surface area contributed by atoms with Gasteiger partial charge in [-0.2, -0.15) is 0 Å².